The topological polar surface area (TPSA) is 207 Å². The van der Waals surface area contributed by atoms with E-state index in [-0.39, 0.29) is 22.7 Å². The fraction of sp³-hybridized carbons (Fsp3) is 0.375. The Morgan fingerprint density at radius 2 is 1.56 bits per heavy atom. The van der Waals surface area contributed by atoms with Crippen molar-refractivity contribution in [3.05, 3.63) is 47.4 Å². The van der Waals surface area contributed by atoms with E-state index in [1.54, 1.807) is 12.1 Å². The second kappa shape index (κ2) is 10.9. The fourth-order valence-corrected chi connectivity index (χ4v) is 4.39. The van der Waals surface area contributed by atoms with Gasteiger partial charge in [-0.2, -0.15) is 0 Å². The molecule has 3 amide bonds. The van der Waals surface area contributed by atoms with E-state index in [1.165, 1.54) is 12.1 Å². The molecule has 2 aliphatic rings. The van der Waals surface area contributed by atoms with Gasteiger partial charge in [-0.3, -0.25) is 33.7 Å². The molecule has 1 aromatic heterocycles. The van der Waals surface area contributed by atoms with Gasteiger partial charge in [-0.25, -0.2) is 4.98 Å². The number of aromatic nitrogens is 2. The van der Waals surface area contributed by atoms with Gasteiger partial charge in [0.15, 0.2) is 17.9 Å². The lowest BCUT2D eigenvalue weighted by Crippen LogP contribution is -2.68. The molecule has 0 unspecified atom stereocenters. The molecule has 1 fully saturated rings. The van der Waals surface area contributed by atoms with Crippen molar-refractivity contribution < 1.29 is 52.5 Å². The van der Waals surface area contributed by atoms with Crippen LogP contribution in [0, 0.1) is 0 Å². The Labute approximate surface area is 220 Å². The number of nitrogens with one attached hydrogen (secondary N) is 1. The minimum Gasteiger partial charge on any atom is -0.463 e. The number of imide groups is 1. The van der Waals surface area contributed by atoms with Crippen molar-refractivity contribution in [2.75, 3.05) is 6.61 Å². The molecule has 206 valence electrons. The summed E-state index contributed by atoms with van der Waals surface area (Å²) in [5, 5.41) is 0. The summed E-state index contributed by atoms with van der Waals surface area (Å²) in [6, 6.07) is 4.41. The number of primary amides is 1. The Hall–Kier alpha value is -4.79. The molecule has 1 saturated heterocycles. The predicted octanol–water partition coefficient (Wildman–Crippen LogP) is -0.296. The molecule has 4 rings (SSSR count). The lowest BCUT2D eigenvalue weighted by Gasteiger charge is -2.46. The number of nitrogens with zero attached hydrogens (tertiary/aromatic N) is 2. The van der Waals surface area contributed by atoms with Crippen LogP contribution in [-0.2, 0) is 33.3 Å². The van der Waals surface area contributed by atoms with Crippen LogP contribution in [0.5, 0.6) is 5.88 Å². The van der Waals surface area contributed by atoms with Gasteiger partial charge in [0.05, 0.1) is 17.5 Å². The van der Waals surface area contributed by atoms with Crippen molar-refractivity contribution in [1.82, 2.24) is 14.9 Å². The van der Waals surface area contributed by atoms with Gasteiger partial charge in [0.2, 0.25) is 12.2 Å². The molecule has 3 heterocycles. The molecule has 3 N–H and O–H groups in total. The van der Waals surface area contributed by atoms with Gasteiger partial charge < -0.3 is 34.4 Å². The standard InChI is InChI=1S/C24H24N4O11/c1-10(29)35-8-15-18(36-11(2)30)19(37-12(3)31)17(24(38-15)39-21-16(20(25)32)26-9-27-21)28-22(33)13-6-4-5-7-14(13)23(28)34/h4-7,9,15,17-19,24H,8H2,1-3H3,(H2,25,32)(H,26,27)/t15-,17-,18-,19-,24+/m1/s1. The monoisotopic (exact) mass is 544 g/mol. The first kappa shape index (κ1) is 27.3. The average molecular weight is 544 g/mol. The van der Waals surface area contributed by atoms with E-state index in [0.717, 1.165) is 32.0 Å². The zero-order valence-electron chi connectivity index (χ0n) is 20.9. The first-order valence-electron chi connectivity index (χ1n) is 11.6. The van der Waals surface area contributed by atoms with Gasteiger partial charge >= 0.3 is 17.9 Å². The Balaban J connectivity index is 1.84. The maximum atomic E-state index is 13.5. The Morgan fingerprint density at radius 3 is 2.10 bits per heavy atom. The minimum atomic E-state index is -1.68. The smallest absolute Gasteiger partial charge is 0.303 e. The zero-order valence-corrected chi connectivity index (χ0v) is 20.9. The quantitative estimate of drug-likeness (QED) is 0.250. The maximum absolute atomic E-state index is 13.5. The van der Waals surface area contributed by atoms with Crippen LogP contribution in [-0.4, -0.2) is 87.7 Å². The van der Waals surface area contributed by atoms with Crippen molar-refractivity contribution >= 4 is 35.6 Å². The number of fused-ring (bicyclic) bond motifs is 1. The molecular weight excluding hydrogens is 520 g/mol. The molecule has 2 aromatic rings. The highest BCUT2D eigenvalue weighted by Gasteiger charge is 2.58. The van der Waals surface area contributed by atoms with E-state index in [9.17, 15) is 28.8 Å². The molecule has 15 nitrogen and oxygen atoms in total. The number of hydrogen-bond acceptors (Lipinski definition) is 12. The van der Waals surface area contributed by atoms with Crippen LogP contribution in [0.4, 0.5) is 0 Å². The molecule has 0 bridgehead atoms. The highest BCUT2D eigenvalue weighted by Crippen LogP contribution is 2.36. The normalized spacial score (nSPS) is 24.1. The maximum Gasteiger partial charge on any atom is 0.303 e. The number of H-pyrrole nitrogens is 1. The van der Waals surface area contributed by atoms with E-state index in [1.807, 2.05) is 0 Å². The molecule has 39 heavy (non-hydrogen) atoms. The number of benzene rings is 1. The molecule has 1 aromatic carbocycles. The molecule has 0 aliphatic carbocycles. The number of ether oxygens (including phenoxy) is 5. The van der Waals surface area contributed by atoms with Gasteiger partial charge in [0.1, 0.15) is 18.8 Å². The third kappa shape index (κ3) is 5.43. The van der Waals surface area contributed by atoms with Gasteiger partial charge in [0.25, 0.3) is 17.7 Å². The van der Waals surface area contributed by atoms with E-state index < -0.39 is 72.9 Å². The number of amides is 3. The highest BCUT2D eigenvalue weighted by atomic mass is 16.7. The second-order valence-electron chi connectivity index (χ2n) is 8.57. The number of esters is 3. The van der Waals surface area contributed by atoms with Crippen molar-refractivity contribution in [1.29, 1.82) is 0 Å². The Kier molecular flexibility index (Phi) is 7.62. The third-order valence-electron chi connectivity index (χ3n) is 5.87. The summed E-state index contributed by atoms with van der Waals surface area (Å²) in [7, 11) is 0. The van der Waals surface area contributed by atoms with Crippen molar-refractivity contribution in [3.8, 4) is 5.88 Å². The van der Waals surface area contributed by atoms with E-state index in [2.05, 4.69) is 9.97 Å². The van der Waals surface area contributed by atoms with E-state index >= 15 is 0 Å². The SMILES string of the molecule is CC(=O)OC[C@H]1O[C@@H](Oc2nc[nH]c2C(N)=O)[C@H](N2C(=O)c3ccccc3C2=O)[C@@H](OC(C)=O)[C@@H]1OC(C)=O. The predicted molar refractivity (Wildman–Crippen MR) is 125 cm³/mol. The minimum absolute atomic E-state index is 0.0616. The summed E-state index contributed by atoms with van der Waals surface area (Å²) in [6.07, 6.45) is -4.91. The summed E-state index contributed by atoms with van der Waals surface area (Å²) in [4.78, 5) is 81.8. The molecule has 2 aliphatic heterocycles. The number of hydrogen-bond donors (Lipinski definition) is 2. The molecule has 15 heteroatoms. The Bertz CT molecular complexity index is 1300. The van der Waals surface area contributed by atoms with Gasteiger partial charge in [-0.15, -0.1) is 0 Å². The first-order valence-corrected chi connectivity index (χ1v) is 11.6. The number of imidazole rings is 1. The summed E-state index contributed by atoms with van der Waals surface area (Å²) in [6.45, 7) is 2.78. The van der Waals surface area contributed by atoms with Crippen LogP contribution in [0.1, 0.15) is 52.0 Å². The van der Waals surface area contributed by atoms with Gasteiger partial charge in [-0.1, -0.05) is 12.1 Å². The number of carbonyl (C=O) groups is 6. The first-order chi connectivity index (χ1) is 18.5. The van der Waals surface area contributed by atoms with Crippen LogP contribution < -0.4 is 10.5 Å². The van der Waals surface area contributed by atoms with Gasteiger partial charge in [-0.05, 0) is 12.1 Å². The van der Waals surface area contributed by atoms with Crippen molar-refractivity contribution in [2.45, 2.75) is 51.4 Å². The van der Waals surface area contributed by atoms with Crippen LogP contribution in [0.15, 0.2) is 30.6 Å². The number of nitrogens with two attached hydrogens (primary N) is 1. The largest absolute Gasteiger partial charge is 0.463 e. The van der Waals surface area contributed by atoms with Crippen LogP contribution in [0.3, 0.4) is 0 Å². The second-order valence-corrected chi connectivity index (χ2v) is 8.57. The summed E-state index contributed by atoms with van der Waals surface area (Å²) >= 11 is 0. The van der Waals surface area contributed by atoms with E-state index in [4.69, 9.17) is 29.4 Å². The lowest BCUT2D eigenvalue weighted by atomic mass is 9.94. The van der Waals surface area contributed by atoms with Gasteiger partial charge in [0, 0.05) is 20.8 Å². The highest BCUT2D eigenvalue weighted by molar-refractivity contribution is 6.21. The molecule has 5 atom stereocenters. The van der Waals surface area contributed by atoms with Crippen molar-refractivity contribution in [2.24, 2.45) is 5.73 Å². The fourth-order valence-electron chi connectivity index (χ4n) is 4.39. The number of aromatic amines is 1. The lowest BCUT2D eigenvalue weighted by molar-refractivity contribution is -0.265. The average Bonchev–Trinajstić information content (AvgIpc) is 3.42. The molecular formula is C24H24N4O11. The molecule has 0 radical (unpaired) electrons. The number of carbonyl (C=O) groups excluding carboxylic acids is 6. The van der Waals surface area contributed by atoms with Crippen molar-refractivity contribution in [3.63, 3.8) is 0 Å². The Morgan fingerprint density at radius 1 is 0.974 bits per heavy atom. The molecule has 0 spiro atoms. The third-order valence-corrected chi connectivity index (χ3v) is 5.87. The van der Waals surface area contributed by atoms with E-state index in [0.29, 0.717) is 0 Å². The summed E-state index contributed by atoms with van der Waals surface area (Å²) in [5.41, 5.74) is 5.23. The molecule has 0 saturated carbocycles. The zero-order chi connectivity index (χ0) is 28.4. The summed E-state index contributed by atoms with van der Waals surface area (Å²) in [5.74, 6) is -5.22. The van der Waals surface area contributed by atoms with Crippen LogP contribution in [0.25, 0.3) is 0 Å². The number of rotatable bonds is 8. The summed E-state index contributed by atoms with van der Waals surface area (Å²) < 4.78 is 27.8. The van der Waals surface area contributed by atoms with Crippen LogP contribution >= 0.6 is 0 Å². The van der Waals surface area contributed by atoms with Crippen LogP contribution in [0.2, 0.25) is 0 Å².